The van der Waals surface area contributed by atoms with Gasteiger partial charge in [0.15, 0.2) is 0 Å². The van der Waals surface area contributed by atoms with E-state index in [2.05, 4.69) is 42.2 Å². The van der Waals surface area contributed by atoms with Gasteiger partial charge in [0, 0.05) is 30.2 Å². The van der Waals surface area contributed by atoms with Crippen molar-refractivity contribution in [3.63, 3.8) is 0 Å². The van der Waals surface area contributed by atoms with E-state index in [1.54, 1.807) is 0 Å². The molecule has 0 saturated carbocycles. The van der Waals surface area contributed by atoms with Gasteiger partial charge in [-0.15, -0.1) is 0 Å². The third kappa shape index (κ3) is 5.43. The molecule has 6 heteroatoms. The molecule has 0 unspecified atom stereocenters. The number of H-pyrrole nitrogens is 1. The lowest BCUT2D eigenvalue weighted by molar-refractivity contribution is -0.130. The number of aromatic nitrogens is 1. The average Bonchev–Trinajstić information content (AvgIpc) is 3.09. The molecule has 0 saturated heterocycles. The van der Waals surface area contributed by atoms with Crippen LogP contribution in [0.2, 0.25) is 0 Å². The van der Waals surface area contributed by atoms with Crippen molar-refractivity contribution in [2.75, 3.05) is 13.1 Å². The van der Waals surface area contributed by atoms with Gasteiger partial charge in [-0.1, -0.05) is 42.5 Å². The maximum Gasteiger partial charge on any atom is 0.290 e. The number of hydrogen-bond acceptors (Lipinski definition) is 3. The fourth-order valence-corrected chi connectivity index (χ4v) is 3.05. The van der Waals surface area contributed by atoms with Crippen molar-refractivity contribution in [1.29, 1.82) is 0 Å². The van der Waals surface area contributed by atoms with Gasteiger partial charge in [-0.3, -0.25) is 9.59 Å². The second kappa shape index (κ2) is 10.1. The van der Waals surface area contributed by atoms with Crippen molar-refractivity contribution in [2.45, 2.75) is 19.9 Å². The summed E-state index contributed by atoms with van der Waals surface area (Å²) in [7, 11) is 0. The Balaban J connectivity index is 0.000000176. The maximum absolute atomic E-state index is 11.4. The van der Waals surface area contributed by atoms with Crippen LogP contribution in [0, 0.1) is 6.92 Å². The number of carbonyl (C=O) groups is 2. The summed E-state index contributed by atoms with van der Waals surface area (Å²) in [6.45, 7) is 3.49. The molecule has 27 heavy (non-hydrogen) atoms. The molecule has 1 amide bonds. The van der Waals surface area contributed by atoms with Gasteiger partial charge in [-0.2, -0.15) is 0 Å². The number of nitrogens with one attached hydrogen (secondary N) is 1. The van der Waals surface area contributed by atoms with Gasteiger partial charge in [0.05, 0.1) is 6.54 Å². The predicted molar refractivity (Wildman–Crippen MR) is 106 cm³/mol. The van der Waals surface area contributed by atoms with E-state index in [1.165, 1.54) is 27.6 Å². The fourth-order valence-electron chi connectivity index (χ4n) is 3.05. The van der Waals surface area contributed by atoms with E-state index < -0.39 is 0 Å². The van der Waals surface area contributed by atoms with Crippen molar-refractivity contribution >= 4 is 23.3 Å². The zero-order valence-electron chi connectivity index (χ0n) is 15.4. The highest BCUT2D eigenvalue weighted by Gasteiger charge is 2.18. The summed E-state index contributed by atoms with van der Waals surface area (Å²) in [6, 6.07) is 16.6. The molecule has 0 radical (unpaired) electrons. The highest BCUT2D eigenvalue weighted by molar-refractivity contribution is 5.82. The van der Waals surface area contributed by atoms with Crippen LogP contribution in [0.25, 0.3) is 10.9 Å². The molecular weight excluding hydrogens is 342 g/mol. The molecule has 1 aromatic heterocycles. The van der Waals surface area contributed by atoms with Crippen LogP contribution in [0.15, 0.2) is 54.7 Å². The smallest absolute Gasteiger partial charge is 0.290 e. The molecule has 3 aromatic rings. The summed E-state index contributed by atoms with van der Waals surface area (Å²) < 4.78 is 0. The predicted octanol–water partition coefficient (Wildman–Crippen LogP) is 2.71. The third-order valence-electron chi connectivity index (χ3n) is 4.45. The summed E-state index contributed by atoms with van der Waals surface area (Å²) in [5.41, 5.74) is 10.5. The number of rotatable bonds is 1. The minimum Gasteiger partial charge on any atom is -0.483 e. The summed E-state index contributed by atoms with van der Waals surface area (Å²) in [6.07, 6.45) is 2.98. The standard InChI is InChI=1S/C11H14N2O.C9H9N.CH2O2/c12-7-11(14)13-6-5-9-3-1-2-4-10(9)8-13;1-7-6-10-9-5-3-2-4-8(7)9;2-1-3/h1-4H,5-8,12H2;2-6,10H,1H3;1H,(H,2,3). The number of nitrogens with two attached hydrogens (primary N) is 1. The number of hydrogen-bond donors (Lipinski definition) is 3. The molecule has 6 nitrogen and oxygen atoms in total. The van der Waals surface area contributed by atoms with Crippen molar-refractivity contribution in [2.24, 2.45) is 5.73 Å². The average molecular weight is 367 g/mol. The quantitative estimate of drug-likeness (QED) is 0.576. The maximum atomic E-state index is 11.4. The first-order valence-electron chi connectivity index (χ1n) is 8.76. The first-order valence-corrected chi connectivity index (χ1v) is 8.76. The van der Waals surface area contributed by atoms with E-state index in [-0.39, 0.29) is 18.9 Å². The molecule has 2 heterocycles. The highest BCUT2D eigenvalue weighted by atomic mass is 16.3. The lowest BCUT2D eigenvalue weighted by Crippen LogP contribution is -2.39. The van der Waals surface area contributed by atoms with Crippen LogP contribution < -0.4 is 5.73 Å². The van der Waals surface area contributed by atoms with E-state index in [0.717, 1.165) is 13.0 Å². The summed E-state index contributed by atoms with van der Waals surface area (Å²) in [4.78, 5) is 24.7. The van der Waals surface area contributed by atoms with Crippen LogP contribution in [-0.2, 0) is 22.6 Å². The molecule has 0 fully saturated rings. The molecule has 0 bridgehead atoms. The Labute approximate surface area is 158 Å². The molecule has 2 aromatic carbocycles. The highest BCUT2D eigenvalue weighted by Crippen LogP contribution is 2.18. The van der Waals surface area contributed by atoms with Gasteiger partial charge in [0.1, 0.15) is 0 Å². The Bertz CT molecular complexity index is 889. The van der Waals surface area contributed by atoms with Crippen LogP contribution in [0.4, 0.5) is 0 Å². The van der Waals surface area contributed by atoms with Gasteiger partial charge in [-0.25, -0.2) is 0 Å². The first kappa shape index (κ1) is 20.2. The van der Waals surface area contributed by atoms with Crippen molar-refractivity contribution in [1.82, 2.24) is 9.88 Å². The largest absolute Gasteiger partial charge is 0.483 e. The lowest BCUT2D eigenvalue weighted by atomic mass is 10.00. The van der Waals surface area contributed by atoms with Crippen LogP contribution in [0.1, 0.15) is 16.7 Å². The second-order valence-corrected chi connectivity index (χ2v) is 6.16. The molecular formula is C21H25N3O3. The molecule has 1 aliphatic rings. The lowest BCUT2D eigenvalue weighted by Gasteiger charge is -2.28. The van der Waals surface area contributed by atoms with Crippen LogP contribution in [0.5, 0.6) is 0 Å². The van der Waals surface area contributed by atoms with Gasteiger partial charge >= 0.3 is 0 Å². The molecule has 1 aliphatic heterocycles. The molecule has 142 valence electrons. The van der Waals surface area contributed by atoms with E-state index in [9.17, 15) is 4.79 Å². The van der Waals surface area contributed by atoms with Crippen molar-refractivity contribution in [3.05, 3.63) is 71.4 Å². The normalized spacial score (nSPS) is 12.1. The monoisotopic (exact) mass is 367 g/mol. The van der Waals surface area contributed by atoms with Crippen LogP contribution in [-0.4, -0.2) is 40.5 Å². The number of nitrogens with zero attached hydrogens (tertiary/aromatic N) is 1. The number of aryl methyl sites for hydroxylation is 1. The van der Waals surface area contributed by atoms with Crippen LogP contribution >= 0.6 is 0 Å². The Kier molecular flexibility index (Phi) is 7.58. The minimum atomic E-state index is -0.250. The third-order valence-corrected chi connectivity index (χ3v) is 4.45. The second-order valence-electron chi connectivity index (χ2n) is 6.16. The van der Waals surface area contributed by atoms with Gasteiger partial charge in [0.2, 0.25) is 5.91 Å². The summed E-state index contributed by atoms with van der Waals surface area (Å²) in [5, 5.41) is 8.21. The Hall–Kier alpha value is -3.12. The molecule has 4 N–H and O–H groups in total. The Morgan fingerprint density at radius 2 is 1.81 bits per heavy atom. The summed E-state index contributed by atoms with van der Waals surface area (Å²) >= 11 is 0. The number of carboxylic acid groups (broad SMARTS) is 1. The number of para-hydroxylation sites is 1. The van der Waals surface area contributed by atoms with Gasteiger partial charge in [0.25, 0.3) is 6.47 Å². The van der Waals surface area contributed by atoms with E-state index >= 15 is 0 Å². The SMILES string of the molecule is Cc1c[nH]c2ccccc12.NCC(=O)N1CCc2ccccc2C1.O=CO. The van der Waals surface area contributed by atoms with Crippen molar-refractivity contribution < 1.29 is 14.7 Å². The minimum absolute atomic E-state index is 0.0412. The number of amides is 1. The van der Waals surface area contributed by atoms with Gasteiger partial charge in [-0.05, 0) is 36.1 Å². The molecule has 0 aliphatic carbocycles. The number of carbonyl (C=O) groups excluding carboxylic acids is 1. The number of fused-ring (bicyclic) bond motifs is 2. The zero-order chi connectivity index (χ0) is 19.6. The Morgan fingerprint density at radius 3 is 2.48 bits per heavy atom. The van der Waals surface area contributed by atoms with Crippen molar-refractivity contribution in [3.8, 4) is 0 Å². The van der Waals surface area contributed by atoms with E-state index in [4.69, 9.17) is 15.6 Å². The van der Waals surface area contributed by atoms with E-state index in [0.29, 0.717) is 6.54 Å². The van der Waals surface area contributed by atoms with E-state index in [1.807, 2.05) is 29.3 Å². The Morgan fingerprint density at radius 1 is 1.19 bits per heavy atom. The van der Waals surface area contributed by atoms with Gasteiger partial charge < -0.3 is 20.7 Å². The molecule has 0 atom stereocenters. The summed E-state index contributed by atoms with van der Waals surface area (Å²) in [5.74, 6) is 0.0412. The first-order chi connectivity index (χ1) is 13.1. The number of benzene rings is 2. The fraction of sp³-hybridized carbons (Fsp3) is 0.238. The molecule has 4 rings (SSSR count). The number of aromatic amines is 1. The topological polar surface area (TPSA) is 99.4 Å². The zero-order valence-corrected chi connectivity index (χ0v) is 15.4. The molecule has 0 spiro atoms. The van der Waals surface area contributed by atoms with Crippen LogP contribution in [0.3, 0.4) is 0 Å².